The first-order valence-electron chi connectivity index (χ1n) is 10.6. The molecule has 0 spiro atoms. The molecule has 170 valence electrons. The number of hydrogen-bond acceptors (Lipinski definition) is 6. The van der Waals surface area contributed by atoms with Gasteiger partial charge in [0, 0.05) is 52.1 Å². The predicted molar refractivity (Wildman–Crippen MR) is 118 cm³/mol. The normalized spacial score (nSPS) is 15.0. The standard InChI is InChI=1S/C22H37N3O5/c1-23-22(24-11-5-13-30-16-17-9-14-29-15-10-17)25-12-8-18-6-7-19(26-2)21(28-4)20(18)27-3/h6-7,17H,5,8-16H2,1-4H3,(H2,23,24,25). The van der Waals surface area contributed by atoms with Crippen LogP contribution in [0.25, 0.3) is 0 Å². The molecule has 0 aromatic heterocycles. The van der Waals surface area contributed by atoms with Crippen LogP contribution in [0.5, 0.6) is 17.2 Å². The highest BCUT2D eigenvalue weighted by Gasteiger charge is 2.16. The highest BCUT2D eigenvalue weighted by molar-refractivity contribution is 5.79. The number of benzene rings is 1. The van der Waals surface area contributed by atoms with Gasteiger partial charge in [-0.1, -0.05) is 6.07 Å². The molecule has 1 saturated heterocycles. The summed E-state index contributed by atoms with van der Waals surface area (Å²) in [5.74, 6) is 3.39. The molecule has 1 aromatic rings. The van der Waals surface area contributed by atoms with Crippen molar-refractivity contribution >= 4 is 5.96 Å². The van der Waals surface area contributed by atoms with Crippen molar-refractivity contribution in [2.24, 2.45) is 10.9 Å². The number of nitrogens with one attached hydrogen (secondary N) is 2. The number of hydrogen-bond donors (Lipinski definition) is 2. The summed E-state index contributed by atoms with van der Waals surface area (Å²) in [7, 11) is 6.64. The number of nitrogens with zero attached hydrogens (tertiary/aromatic N) is 1. The Morgan fingerprint density at radius 1 is 1.03 bits per heavy atom. The molecule has 8 heteroatoms. The van der Waals surface area contributed by atoms with Crippen LogP contribution in [-0.4, -0.2) is 73.9 Å². The van der Waals surface area contributed by atoms with Gasteiger partial charge < -0.3 is 34.3 Å². The summed E-state index contributed by atoms with van der Waals surface area (Å²) in [6.45, 7) is 4.85. The van der Waals surface area contributed by atoms with Crippen molar-refractivity contribution < 1.29 is 23.7 Å². The molecule has 1 aliphatic rings. The van der Waals surface area contributed by atoms with E-state index in [1.165, 1.54) is 0 Å². The van der Waals surface area contributed by atoms with Crippen molar-refractivity contribution in [2.75, 3.05) is 67.9 Å². The summed E-state index contributed by atoms with van der Waals surface area (Å²) in [5.41, 5.74) is 1.04. The van der Waals surface area contributed by atoms with Crippen molar-refractivity contribution in [1.29, 1.82) is 0 Å². The van der Waals surface area contributed by atoms with E-state index in [0.717, 1.165) is 70.2 Å². The Bertz CT molecular complexity index is 648. The van der Waals surface area contributed by atoms with Gasteiger partial charge in [-0.25, -0.2) is 0 Å². The zero-order valence-corrected chi connectivity index (χ0v) is 18.8. The SMILES string of the molecule is CN=C(NCCCOCC1CCOCC1)NCCc1ccc(OC)c(OC)c1OC. The van der Waals surface area contributed by atoms with E-state index in [2.05, 4.69) is 15.6 Å². The first-order valence-corrected chi connectivity index (χ1v) is 10.6. The molecule has 0 amide bonds. The molecule has 1 heterocycles. The molecule has 1 aromatic carbocycles. The average molecular weight is 424 g/mol. The number of methoxy groups -OCH3 is 3. The second-order valence-corrected chi connectivity index (χ2v) is 7.15. The first kappa shape index (κ1) is 24.1. The Kier molecular flexibility index (Phi) is 11.2. The van der Waals surface area contributed by atoms with Crippen LogP contribution in [0.3, 0.4) is 0 Å². The fourth-order valence-corrected chi connectivity index (χ4v) is 3.44. The summed E-state index contributed by atoms with van der Waals surface area (Å²) in [4.78, 5) is 4.28. The Morgan fingerprint density at radius 2 is 1.77 bits per heavy atom. The summed E-state index contributed by atoms with van der Waals surface area (Å²) < 4.78 is 27.5. The van der Waals surface area contributed by atoms with Crippen molar-refractivity contribution in [2.45, 2.75) is 25.7 Å². The molecule has 2 rings (SSSR count). The zero-order chi connectivity index (χ0) is 21.6. The Balaban J connectivity index is 1.67. The van der Waals surface area contributed by atoms with Crippen LogP contribution in [0.4, 0.5) is 0 Å². The summed E-state index contributed by atoms with van der Waals surface area (Å²) in [6, 6.07) is 3.89. The number of ether oxygens (including phenoxy) is 5. The van der Waals surface area contributed by atoms with E-state index in [0.29, 0.717) is 29.7 Å². The molecular weight excluding hydrogens is 386 g/mol. The molecule has 0 radical (unpaired) electrons. The fraction of sp³-hybridized carbons (Fsp3) is 0.682. The lowest BCUT2D eigenvalue weighted by Gasteiger charge is -2.21. The number of aliphatic imine (C=N–C) groups is 1. The molecule has 2 N–H and O–H groups in total. The molecule has 0 atom stereocenters. The van der Waals surface area contributed by atoms with Gasteiger partial charge in [0.1, 0.15) is 0 Å². The largest absolute Gasteiger partial charge is 0.493 e. The molecule has 1 aliphatic heterocycles. The van der Waals surface area contributed by atoms with Gasteiger partial charge in [0.25, 0.3) is 0 Å². The van der Waals surface area contributed by atoms with E-state index in [1.54, 1.807) is 28.4 Å². The topological polar surface area (TPSA) is 82.6 Å². The van der Waals surface area contributed by atoms with Gasteiger partial charge in [-0.05, 0) is 37.7 Å². The van der Waals surface area contributed by atoms with E-state index in [1.807, 2.05) is 12.1 Å². The van der Waals surface area contributed by atoms with E-state index in [9.17, 15) is 0 Å². The smallest absolute Gasteiger partial charge is 0.203 e. The zero-order valence-electron chi connectivity index (χ0n) is 18.8. The minimum absolute atomic E-state index is 0.612. The maximum absolute atomic E-state index is 5.80. The van der Waals surface area contributed by atoms with Crippen LogP contribution in [0.2, 0.25) is 0 Å². The second-order valence-electron chi connectivity index (χ2n) is 7.15. The molecule has 0 unspecified atom stereocenters. The summed E-state index contributed by atoms with van der Waals surface area (Å²) in [5, 5.41) is 6.66. The molecule has 1 fully saturated rings. The van der Waals surface area contributed by atoms with Crippen molar-refractivity contribution in [3.05, 3.63) is 17.7 Å². The molecule has 8 nitrogen and oxygen atoms in total. The lowest BCUT2D eigenvalue weighted by Crippen LogP contribution is -2.39. The third-order valence-electron chi connectivity index (χ3n) is 5.15. The van der Waals surface area contributed by atoms with E-state index >= 15 is 0 Å². The third kappa shape index (κ3) is 7.57. The summed E-state index contributed by atoms with van der Waals surface area (Å²) >= 11 is 0. The summed E-state index contributed by atoms with van der Waals surface area (Å²) in [6.07, 6.45) is 3.92. The van der Waals surface area contributed by atoms with Crippen LogP contribution in [0.15, 0.2) is 17.1 Å². The van der Waals surface area contributed by atoms with Crippen LogP contribution in [0, 0.1) is 5.92 Å². The van der Waals surface area contributed by atoms with Crippen LogP contribution in [-0.2, 0) is 15.9 Å². The van der Waals surface area contributed by atoms with Crippen molar-refractivity contribution in [3.8, 4) is 17.2 Å². The monoisotopic (exact) mass is 423 g/mol. The Hall–Kier alpha value is -2.19. The maximum atomic E-state index is 5.80. The van der Waals surface area contributed by atoms with Gasteiger partial charge in [0.15, 0.2) is 17.5 Å². The van der Waals surface area contributed by atoms with Gasteiger partial charge >= 0.3 is 0 Å². The minimum atomic E-state index is 0.612. The average Bonchev–Trinajstić information content (AvgIpc) is 2.80. The second kappa shape index (κ2) is 13.9. The lowest BCUT2D eigenvalue weighted by atomic mass is 10.0. The number of rotatable bonds is 12. The predicted octanol–water partition coefficient (Wildman–Crippen LogP) is 2.25. The van der Waals surface area contributed by atoms with Crippen LogP contribution >= 0.6 is 0 Å². The molecular formula is C22H37N3O5. The van der Waals surface area contributed by atoms with Crippen LogP contribution in [0.1, 0.15) is 24.8 Å². The van der Waals surface area contributed by atoms with Gasteiger partial charge in [-0.3, -0.25) is 4.99 Å². The Labute approximate surface area is 180 Å². The first-order chi connectivity index (χ1) is 14.7. The molecule has 30 heavy (non-hydrogen) atoms. The van der Waals surface area contributed by atoms with Gasteiger partial charge in [0.05, 0.1) is 21.3 Å². The highest BCUT2D eigenvalue weighted by Crippen LogP contribution is 2.39. The van der Waals surface area contributed by atoms with E-state index < -0.39 is 0 Å². The van der Waals surface area contributed by atoms with Gasteiger partial charge in [-0.15, -0.1) is 0 Å². The highest BCUT2D eigenvalue weighted by atomic mass is 16.5. The maximum Gasteiger partial charge on any atom is 0.203 e. The molecule has 0 saturated carbocycles. The van der Waals surface area contributed by atoms with Gasteiger partial charge in [0.2, 0.25) is 5.75 Å². The van der Waals surface area contributed by atoms with Crippen molar-refractivity contribution in [1.82, 2.24) is 10.6 Å². The quantitative estimate of drug-likeness (QED) is 0.303. The number of guanidine groups is 1. The molecule has 0 aliphatic carbocycles. The van der Waals surface area contributed by atoms with Crippen LogP contribution < -0.4 is 24.8 Å². The molecule has 0 bridgehead atoms. The lowest BCUT2D eigenvalue weighted by molar-refractivity contribution is 0.0203. The van der Waals surface area contributed by atoms with Gasteiger partial charge in [-0.2, -0.15) is 0 Å². The minimum Gasteiger partial charge on any atom is -0.493 e. The van der Waals surface area contributed by atoms with E-state index in [4.69, 9.17) is 23.7 Å². The fourth-order valence-electron chi connectivity index (χ4n) is 3.44. The third-order valence-corrected chi connectivity index (χ3v) is 5.15. The van der Waals surface area contributed by atoms with E-state index in [-0.39, 0.29) is 0 Å². The van der Waals surface area contributed by atoms with Crippen molar-refractivity contribution in [3.63, 3.8) is 0 Å². The Morgan fingerprint density at radius 3 is 2.43 bits per heavy atom.